The Morgan fingerprint density at radius 1 is 1.57 bits per heavy atom. The van der Waals surface area contributed by atoms with Gasteiger partial charge in [-0.15, -0.1) is 0 Å². The van der Waals surface area contributed by atoms with Crippen molar-refractivity contribution >= 4 is 5.88 Å². The Hall–Kier alpha value is -0.990. The van der Waals surface area contributed by atoms with Crippen LogP contribution in [0.1, 0.15) is 0 Å². The fraction of sp³-hybridized carbons (Fsp3) is 0. The molecule has 1 aromatic heterocycles. The molecule has 2 N–H and O–H groups in total. The SMILES string of the molecule is Nc1ccc(F)o1. The molecule has 0 aliphatic carbocycles. The van der Waals surface area contributed by atoms with Gasteiger partial charge < -0.3 is 10.2 Å². The van der Waals surface area contributed by atoms with Crippen molar-refractivity contribution in [3.8, 4) is 0 Å². The van der Waals surface area contributed by atoms with Gasteiger partial charge in [-0.1, -0.05) is 0 Å². The number of anilines is 1. The number of hydrogen-bond donors (Lipinski definition) is 1. The molecule has 2 nitrogen and oxygen atoms in total. The number of nitrogens with two attached hydrogens (primary N) is 1. The summed E-state index contributed by atoms with van der Waals surface area (Å²) >= 11 is 0. The van der Waals surface area contributed by atoms with Crippen molar-refractivity contribution in [1.29, 1.82) is 0 Å². The fourth-order valence-electron chi connectivity index (χ4n) is 0.328. The van der Waals surface area contributed by atoms with Crippen molar-refractivity contribution in [1.82, 2.24) is 0 Å². The van der Waals surface area contributed by atoms with Gasteiger partial charge in [0.05, 0.1) is 0 Å². The summed E-state index contributed by atoms with van der Waals surface area (Å²) in [6, 6.07) is 1.88. The molecule has 1 heterocycles. The van der Waals surface area contributed by atoms with E-state index < -0.39 is 6.01 Å². The molecule has 1 aromatic rings. The highest BCUT2D eigenvalue weighted by Gasteiger charge is 1.90. The Balaban J connectivity index is 3.04. The van der Waals surface area contributed by atoms with Gasteiger partial charge in [0.2, 0.25) is 0 Å². The third-order valence-electron chi connectivity index (χ3n) is 0.594. The first kappa shape index (κ1) is 4.18. The Morgan fingerprint density at radius 2 is 2.29 bits per heavy atom. The van der Waals surface area contributed by atoms with E-state index >= 15 is 0 Å². The van der Waals surface area contributed by atoms with Crippen LogP contribution in [0.5, 0.6) is 0 Å². The van der Waals surface area contributed by atoms with Crippen molar-refractivity contribution in [2.24, 2.45) is 0 Å². The molecule has 0 amide bonds. The largest absolute Gasteiger partial charge is 0.415 e. The highest BCUT2D eigenvalue weighted by atomic mass is 19.1. The van der Waals surface area contributed by atoms with Gasteiger partial charge in [0, 0.05) is 12.1 Å². The van der Waals surface area contributed by atoms with Crippen LogP contribution in [-0.2, 0) is 0 Å². The lowest BCUT2D eigenvalue weighted by Gasteiger charge is -1.73. The lowest BCUT2D eigenvalue weighted by molar-refractivity contribution is 0.369. The maximum atomic E-state index is 11.7. The predicted octanol–water partition coefficient (Wildman–Crippen LogP) is 1.00. The third kappa shape index (κ3) is 0.707. The zero-order valence-electron chi connectivity index (χ0n) is 3.52. The number of rotatable bonds is 0. The molecule has 0 saturated carbocycles. The van der Waals surface area contributed by atoms with Crippen LogP contribution < -0.4 is 5.73 Å². The Morgan fingerprint density at radius 3 is 2.43 bits per heavy atom. The van der Waals surface area contributed by atoms with Gasteiger partial charge in [0.1, 0.15) is 0 Å². The molecule has 0 radical (unpaired) electrons. The van der Waals surface area contributed by atoms with Gasteiger partial charge in [-0.2, -0.15) is 4.39 Å². The summed E-state index contributed by atoms with van der Waals surface area (Å²) in [6.45, 7) is 0. The molecule has 0 spiro atoms. The molecule has 0 atom stereocenters. The third-order valence-corrected chi connectivity index (χ3v) is 0.594. The molecule has 0 bridgehead atoms. The zero-order chi connectivity index (χ0) is 5.28. The van der Waals surface area contributed by atoms with Gasteiger partial charge in [-0.05, 0) is 0 Å². The molecule has 0 aromatic carbocycles. The van der Waals surface area contributed by atoms with E-state index in [2.05, 4.69) is 4.42 Å². The minimum atomic E-state index is -0.641. The van der Waals surface area contributed by atoms with Crippen molar-refractivity contribution in [2.45, 2.75) is 0 Å². The normalized spacial score (nSPS) is 9.29. The van der Waals surface area contributed by atoms with Crippen molar-refractivity contribution in [3.63, 3.8) is 0 Å². The number of halogens is 1. The van der Waals surface area contributed by atoms with Crippen LogP contribution in [0.4, 0.5) is 10.3 Å². The van der Waals surface area contributed by atoms with E-state index in [9.17, 15) is 4.39 Å². The summed E-state index contributed by atoms with van der Waals surface area (Å²) in [7, 11) is 0. The Bertz CT molecular complexity index is 144. The van der Waals surface area contributed by atoms with Crippen LogP contribution in [0.2, 0.25) is 0 Å². The lowest BCUT2D eigenvalue weighted by Crippen LogP contribution is -1.75. The smallest absolute Gasteiger partial charge is 0.279 e. The van der Waals surface area contributed by atoms with Crippen LogP contribution in [0.25, 0.3) is 0 Å². The average Bonchev–Trinajstić information content (AvgIpc) is 1.87. The van der Waals surface area contributed by atoms with Crippen LogP contribution in [0.15, 0.2) is 16.5 Å². The second kappa shape index (κ2) is 1.26. The van der Waals surface area contributed by atoms with E-state index in [0.29, 0.717) is 0 Å². The first-order valence-electron chi connectivity index (χ1n) is 1.80. The highest BCUT2D eigenvalue weighted by molar-refractivity contribution is 5.21. The first-order chi connectivity index (χ1) is 3.29. The highest BCUT2D eigenvalue weighted by Crippen LogP contribution is 2.04. The topological polar surface area (TPSA) is 39.2 Å². The fourth-order valence-corrected chi connectivity index (χ4v) is 0.328. The summed E-state index contributed by atoms with van der Waals surface area (Å²) < 4.78 is 15.9. The Kier molecular flexibility index (Phi) is 0.749. The monoisotopic (exact) mass is 101 g/mol. The second-order valence-corrected chi connectivity index (χ2v) is 1.14. The number of hydrogen-bond acceptors (Lipinski definition) is 2. The number of nitrogen functional groups attached to an aromatic ring is 1. The van der Waals surface area contributed by atoms with Crippen molar-refractivity contribution in [3.05, 3.63) is 18.1 Å². The first-order valence-corrected chi connectivity index (χ1v) is 1.80. The maximum absolute atomic E-state index is 11.7. The van der Waals surface area contributed by atoms with E-state index in [0.717, 1.165) is 6.07 Å². The average molecular weight is 101 g/mol. The molecule has 0 saturated heterocycles. The van der Waals surface area contributed by atoms with E-state index in [-0.39, 0.29) is 5.88 Å². The minimum absolute atomic E-state index is 0.109. The molecular formula is C4H4FNO. The summed E-state index contributed by atoms with van der Waals surface area (Å²) in [5.41, 5.74) is 4.97. The summed E-state index contributed by atoms with van der Waals surface area (Å²) in [4.78, 5) is 0. The van der Waals surface area contributed by atoms with Gasteiger partial charge in [-0.25, -0.2) is 0 Å². The van der Waals surface area contributed by atoms with Crippen molar-refractivity contribution < 1.29 is 8.81 Å². The molecule has 0 fully saturated rings. The van der Waals surface area contributed by atoms with E-state index in [4.69, 9.17) is 5.73 Å². The van der Waals surface area contributed by atoms with Gasteiger partial charge in [0.15, 0.2) is 5.88 Å². The second-order valence-electron chi connectivity index (χ2n) is 1.14. The predicted molar refractivity (Wildman–Crippen MR) is 23.1 cm³/mol. The molecule has 0 aliphatic heterocycles. The molecule has 3 heteroatoms. The van der Waals surface area contributed by atoms with Gasteiger partial charge in [0.25, 0.3) is 6.01 Å². The summed E-state index contributed by atoms with van der Waals surface area (Å²) in [5, 5.41) is 0. The summed E-state index contributed by atoms with van der Waals surface area (Å²) in [5.74, 6) is 0.109. The van der Waals surface area contributed by atoms with E-state index in [1.54, 1.807) is 0 Å². The molecule has 38 valence electrons. The number of furan rings is 1. The van der Waals surface area contributed by atoms with E-state index in [1.165, 1.54) is 6.07 Å². The molecule has 0 aliphatic rings. The van der Waals surface area contributed by atoms with Crippen LogP contribution in [0, 0.1) is 6.01 Å². The van der Waals surface area contributed by atoms with Crippen LogP contribution >= 0.6 is 0 Å². The van der Waals surface area contributed by atoms with Crippen LogP contribution in [0.3, 0.4) is 0 Å². The van der Waals surface area contributed by atoms with Crippen LogP contribution in [-0.4, -0.2) is 0 Å². The molecule has 7 heavy (non-hydrogen) atoms. The molecule has 0 unspecified atom stereocenters. The summed E-state index contributed by atoms with van der Waals surface area (Å²) in [6.07, 6.45) is 0. The lowest BCUT2D eigenvalue weighted by atomic mass is 10.6. The quantitative estimate of drug-likeness (QED) is 0.529. The molecular weight excluding hydrogens is 97.0 g/mol. The zero-order valence-corrected chi connectivity index (χ0v) is 3.52. The molecule has 1 rings (SSSR count). The maximum Gasteiger partial charge on any atom is 0.279 e. The van der Waals surface area contributed by atoms with E-state index in [1.807, 2.05) is 0 Å². The Labute approximate surface area is 39.7 Å². The van der Waals surface area contributed by atoms with Crippen molar-refractivity contribution in [2.75, 3.05) is 5.73 Å². The van der Waals surface area contributed by atoms with Gasteiger partial charge >= 0.3 is 0 Å². The van der Waals surface area contributed by atoms with Gasteiger partial charge in [-0.3, -0.25) is 0 Å². The minimum Gasteiger partial charge on any atom is -0.415 e. The standard InChI is InChI=1S/C4H4FNO/c5-3-1-2-4(6)7-3/h1-2H,6H2.